The summed E-state index contributed by atoms with van der Waals surface area (Å²) in [7, 11) is 0. The molecule has 1 aromatic rings. The van der Waals surface area contributed by atoms with Crippen molar-refractivity contribution in [3.05, 3.63) is 29.3 Å². The summed E-state index contributed by atoms with van der Waals surface area (Å²) in [6.45, 7) is 6.64. The zero-order valence-corrected chi connectivity index (χ0v) is 15.8. The number of halogens is 1. The first kappa shape index (κ1) is 22.2. The number of benzene rings is 1. The Morgan fingerprint density at radius 3 is 2.21 bits per heavy atom. The highest BCUT2D eigenvalue weighted by molar-refractivity contribution is 6.14. The first-order chi connectivity index (χ1) is 11.0. The third-order valence-electron chi connectivity index (χ3n) is 3.91. The number of amides is 2. The lowest BCUT2D eigenvalue weighted by atomic mass is 10.1. The van der Waals surface area contributed by atoms with Crippen LogP contribution in [0.15, 0.2) is 18.2 Å². The average Bonchev–Trinajstić information content (AvgIpc) is 2.49. The van der Waals surface area contributed by atoms with Gasteiger partial charge in [0.1, 0.15) is 0 Å². The fraction of sp³-hybridized carbons (Fsp3) is 0.556. The van der Waals surface area contributed by atoms with Crippen molar-refractivity contribution in [1.82, 2.24) is 5.32 Å². The molecule has 0 heterocycles. The van der Waals surface area contributed by atoms with E-state index in [2.05, 4.69) is 12.2 Å². The summed E-state index contributed by atoms with van der Waals surface area (Å²) in [6.07, 6.45) is 7.04. The fourth-order valence-corrected chi connectivity index (χ4v) is 2.67. The van der Waals surface area contributed by atoms with E-state index in [1.165, 1.54) is 30.6 Å². The van der Waals surface area contributed by atoms with Gasteiger partial charge in [-0.2, -0.15) is 0 Å². The molecule has 0 bridgehead atoms. The minimum Gasteiger partial charge on any atom is -0.369 e. The van der Waals surface area contributed by atoms with Gasteiger partial charge in [0, 0.05) is 6.54 Å². The number of nitrogens with one attached hydrogen (secondary N) is 2. The van der Waals surface area contributed by atoms with Crippen LogP contribution in [-0.2, 0) is 0 Å². The molecule has 0 unspecified atom stereocenters. The highest BCUT2D eigenvalue weighted by Gasteiger charge is 2.21. The minimum absolute atomic E-state index is 0. The van der Waals surface area contributed by atoms with Gasteiger partial charge in [0.15, 0.2) is 0 Å². The van der Waals surface area contributed by atoms with Crippen LogP contribution in [0.25, 0.3) is 0 Å². The number of para-hydroxylation sites is 1. The van der Waals surface area contributed by atoms with E-state index in [1.54, 1.807) is 0 Å². The molecule has 5 nitrogen and oxygen atoms in total. The van der Waals surface area contributed by atoms with E-state index in [4.69, 9.17) is 11.1 Å². The van der Waals surface area contributed by atoms with Gasteiger partial charge < -0.3 is 11.1 Å². The van der Waals surface area contributed by atoms with E-state index >= 15 is 0 Å². The summed E-state index contributed by atoms with van der Waals surface area (Å²) in [5, 5.41) is 10.6. The van der Waals surface area contributed by atoms with Crippen molar-refractivity contribution in [1.29, 1.82) is 5.41 Å². The summed E-state index contributed by atoms with van der Waals surface area (Å²) in [4.78, 5) is 13.7. The SMILES string of the molecule is CCCCCCCCNC(=O)N(C(=N)N)c1c(C)cccc1C.Cl. The van der Waals surface area contributed by atoms with Crippen LogP contribution in [-0.4, -0.2) is 18.5 Å². The lowest BCUT2D eigenvalue weighted by molar-refractivity contribution is 0.248. The molecule has 0 radical (unpaired) electrons. The Kier molecular flexibility index (Phi) is 10.9. The van der Waals surface area contributed by atoms with Gasteiger partial charge in [-0.05, 0) is 31.4 Å². The molecule has 0 spiro atoms. The quantitative estimate of drug-likeness (QED) is 0.365. The van der Waals surface area contributed by atoms with Gasteiger partial charge in [-0.1, -0.05) is 57.2 Å². The third kappa shape index (κ3) is 6.79. The molecule has 0 aromatic heterocycles. The van der Waals surface area contributed by atoms with Gasteiger partial charge in [-0.3, -0.25) is 5.41 Å². The molecule has 4 N–H and O–H groups in total. The monoisotopic (exact) mass is 354 g/mol. The number of rotatable bonds is 8. The number of aryl methyl sites for hydroxylation is 2. The van der Waals surface area contributed by atoms with E-state index in [0.29, 0.717) is 12.2 Å². The Labute approximate surface area is 151 Å². The van der Waals surface area contributed by atoms with Crippen LogP contribution in [0, 0.1) is 19.3 Å². The van der Waals surface area contributed by atoms with Crippen LogP contribution < -0.4 is 16.0 Å². The molecular weight excluding hydrogens is 324 g/mol. The predicted molar refractivity (Wildman–Crippen MR) is 104 cm³/mol. The molecule has 0 aliphatic carbocycles. The number of guanidine groups is 1. The topological polar surface area (TPSA) is 82.2 Å². The largest absolute Gasteiger partial charge is 0.369 e. The number of urea groups is 1. The second-order valence-corrected chi connectivity index (χ2v) is 5.96. The number of unbranched alkanes of at least 4 members (excludes halogenated alkanes) is 5. The Morgan fingerprint density at radius 1 is 1.12 bits per heavy atom. The zero-order valence-electron chi connectivity index (χ0n) is 15.0. The number of carbonyl (C=O) groups is 1. The van der Waals surface area contributed by atoms with E-state index in [1.807, 2.05) is 32.0 Å². The van der Waals surface area contributed by atoms with Crippen LogP contribution in [0.1, 0.15) is 56.6 Å². The molecule has 0 aliphatic rings. The third-order valence-corrected chi connectivity index (χ3v) is 3.91. The maximum Gasteiger partial charge on any atom is 0.328 e. The Morgan fingerprint density at radius 2 is 1.67 bits per heavy atom. The summed E-state index contributed by atoms with van der Waals surface area (Å²) in [6, 6.07) is 5.43. The van der Waals surface area contributed by atoms with E-state index in [9.17, 15) is 4.79 Å². The summed E-state index contributed by atoms with van der Waals surface area (Å²) in [5.41, 5.74) is 8.19. The maximum absolute atomic E-state index is 12.4. The van der Waals surface area contributed by atoms with Crippen LogP contribution in [0.5, 0.6) is 0 Å². The first-order valence-electron chi connectivity index (χ1n) is 8.47. The van der Waals surface area contributed by atoms with Crippen molar-refractivity contribution in [3.8, 4) is 0 Å². The summed E-state index contributed by atoms with van der Waals surface area (Å²) < 4.78 is 0. The normalized spacial score (nSPS) is 9.96. The number of anilines is 1. The maximum atomic E-state index is 12.4. The van der Waals surface area contributed by atoms with Crippen molar-refractivity contribution in [2.24, 2.45) is 5.73 Å². The zero-order chi connectivity index (χ0) is 17.2. The van der Waals surface area contributed by atoms with Gasteiger partial charge in [0.25, 0.3) is 0 Å². The highest BCUT2D eigenvalue weighted by atomic mass is 35.5. The van der Waals surface area contributed by atoms with Gasteiger partial charge in [0.2, 0.25) is 5.96 Å². The second-order valence-electron chi connectivity index (χ2n) is 5.96. The highest BCUT2D eigenvalue weighted by Crippen LogP contribution is 2.24. The van der Waals surface area contributed by atoms with Crippen molar-refractivity contribution in [2.75, 3.05) is 11.4 Å². The Balaban J connectivity index is 0.00000529. The number of nitrogens with zero attached hydrogens (tertiary/aromatic N) is 1. The molecule has 0 atom stereocenters. The molecule has 1 aromatic carbocycles. The molecule has 24 heavy (non-hydrogen) atoms. The minimum atomic E-state index is -0.330. The van der Waals surface area contributed by atoms with Gasteiger partial charge in [-0.15, -0.1) is 12.4 Å². The number of hydrogen-bond donors (Lipinski definition) is 3. The van der Waals surface area contributed by atoms with Gasteiger partial charge >= 0.3 is 6.03 Å². The van der Waals surface area contributed by atoms with E-state index in [0.717, 1.165) is 24.0 Å². The van der Waals surface area contributed by atoms with Crippen molar-refractivity contribution >= 4 is 30.1 Å². The lowest BCUT2D eigenvalue weighted by Gasteiger charge is -2.24. The Bertz CT molecular complexity index is 514. The Hall–Kier alpha value is -1.75. The molecule has 0 aliphatic heterocycles. The molecule has 2 amide bonds. The van der Waals surface area contributed by atoms with Crippen molar-refractivity contribution in [2.45, 2.75) is 59.3 Å². The molecule has 0 saturated carbocycles. The molecule has 0 fully saturated rings. The summed E-state index contributed by atoms with van der Waals surface area (Å²) in [5.74, 6) is -0.261. The number of carbonyl (C=O) groups excluding carboxylic acids is 1. The van der Waals surface area contributed by atoms with Crippen molar-refractivity contribution in [3.63, 3.8) is 0 Å². The predicted octanol–water partition coefficient (Wildman–Crippen LogP) is 4.50. The molecule has 0 saturated heterocycles. The summed E-state index contributed by atoms with van der Waals surface area (Å²) >= 11 is 0. The number of nitrogens with two attached hydrogens (primary N) is 1. The van der Waals surface area contributed by atoms with E-state index in [-0.39, 0.29) is 24.4 Å². The smallest absolute Gasteiger partial charge is 0.328 e. The first-order valence-corrected chi connectivity index (χ1v) is 8.47. The van der Waals surface area contributed by atoms with Gasteiger partial charge in [0.05, 0.1) is 5.69 Å². The molecule has 6 heteroatoms. The number of hydrogen-bond acceptors (Lipinski definition) is 2. The van der Waals surface area contributed by atoms with Crippen LogP contribution in [0.3, 0.4) is 0 Å². The van der Waals surface area contributed by atoms with E-state index < -0.39 is 0 Å². The molecular formula is C18H31ClN4O. The standard InChI is InChI=1S/C18H30N4O.ClH/c1-4-5-6-7-8-9-13-21-18(23)22(17(19)20)16-14(2)11-10-12-15(16)3;/h10-12H,4-9,13H2,1-3H3,(H3,19,20)(H,21,23);1H. The average molecular weight is 355 g/mol. The van der Waals surface area contributed by atoms with Crippen molar-refractivity contribution < 1.29 is 4.79 Å². The van der Waals surface area contributed by atoms with Crippen LogP contribution >= 0.6 is 12.4 Å². The second kappa shape index (κ2) is 11.7. The van der Waals surface area contributed by atoms with Gasteiger partial charge in [-0.25, -0.2) is 9.69 Å². The molecule has 136 valence electrons. The fourth-order valence-electron chi connectivity index (χ4n) is 2.67. The van der Waals surface area contributed by atoms with Crippen LogP contribution in [0.4, 0.5) is 10.5 Å². The molecule has 1 rings (SSSR count). The van der Waals surface area contributed by atoms with Crippen LogP contribution in [0.2, 0.25) is 0 Å². The lowest BCUT2D eigenvalue weighted by Crippen LogP contribution is -2.48.